The predicted molar refractivity (Wildman–Crippen MR) is 156 cm³/mol. The first-order chi connectivity index (χ1) is 19.5. The van der Waals surface area contributed by atoms with E-state index in [9.17, 15) is 9.90 Å². The zero-order valence-electron chi connectivity index (χ0n) is 24.3. The van der Waals surface area contributed by atoms with E-state index in [1.54, 1.807) is 6.07 Å². The second kappa shape index (κ2) is 10.3. The molecule has 2 unspecified atom stereocenters. The normalized spacial score (nSPS) is 23.4. The molecular weight excluding hydrogens is 627 g/mol. The van der Waals surface area contributed by atoms with E-state index in [1.807, 2.05) is 18.2 Å². The van der Waals surface area contributed by atoms with Crippen molar-refractivity contribution in [3.63, 3.8) is 0 Å². The molecule has 41 heavy (non-hydrogen) atoms. The quantitative estimate of drug-likeness (QED) is 0.294. The van der Waals surface area contributed by atoms with E-state index in [-0.39, 0.29) is 34.2 Å². The molecule has 0 radical (unpaired) electrons. The SMILES string of the molecule is CC1=CC(C)(C)NC2=CC3Oc4cc5c(cc4=C(c4ccccc4C(=O)OCCO)C3C=C12)C(C)=CC(C)(C)[I-]N=5. The third-order valence-corrected chi connectivity index (χ3v) is 10.2. The molecule has 0 aromatic heterocycles. The summed E-state index contributed by atoms with van der Waals surface area (Å²) in [6.45, 7) is 12.9. The van der Waals surface area contributed by atoms with Gasteiger partial charge in [-0.15, -0.1) is 0 Å². The van der Waals surface area contributed by atoms with Gasteiger partial charge in [0.15, 0.2) is 0 Å². The van der Waals surface area contributed by atoms with Crippen molar-refractivity contribution in [3.8, 4) is 5.75 Å². The summed E-state index contributed by atoms with van der Waals surface area (Å²) in [6.07, 6.45) is 8.82. The minimum atomic E-state index is -0.448. The Morgan fingerprint density at radius 1 is 1.07 bits per heavy atom. The van der Waals surface area contributed by atoms with Gasteiger partial charge in [-0.05, 0) is 0 Å². The molecule has 3 aliphatic heterocycles. The molecule has 6 nitrogen and oxygen atoms in total. The van der Waals surface area contributed by atoms with Crippen LogP contribution >= 0.6 is 0 Å². The number of rotatable bonds is 4. The van der Waals surface area contributed by atoms with Crippen LogP contribution in [-0.4, -0.2) is 39.4 Å². The predicted octanol–water partition coefficient (Wildman–Crippen LogP) is 1.38. The Morgan fingerprint density at radius 3 is 2.63 bits per heavy atom. The van der Waals surface area contributed by atoms with Gasteiger partial charge in [0.2, 0.25) is 0 Å². The van der Waals surface area contributed by atoms with E-state index in [1.165, 1.54) is 11.1 Å². The summed E-state index contributed by atoms with van der Waals surface area (Å²) < 4.78 is 17.3. The molecule has 0 spiro atoms. The van der Waals surface area contributed by atoms with Crippen LogP contribution in [0.2, 0.25) is 0 Å². The first-order valence-electron chi connectivity index (χ1n) is 14.0. The zero-order chi connectivity index (χ0) is 29.1. The molecule has 0 fully saturated rings. The van der Waals surface area contributed by atoms with Gasteiger partial charge in [-0.1, -0.05) is 0 Å². The summed E-state index contributed by atoms with van der Waals surface area (Å²) in [5, 5.41) is 14.9. The van der Waals surface area contributed by atoms with Crippen LogP contribution in [-0.2, 0) is 4.74 Å². The molecule has 214 valence electrons. The molecule has 3 heterocycles. The number of aliphatic hydroxyl groups excluding tert-OH is 1. The number of halogens is 1. The number of aliphatic hydroxyl groups is 1. The van der Waals surface area contributed by atoms with Gasteiger partial charge in [0.25, 0.3) is 0 Å². The number of esters is 1. The van der Waals surface area contributed by atoms with Gasteiger partial charge < -0.3 is 5.11 Å². The molecular formula is C34H36IN2O4-. The van der Waals surface area contributed by atoms with Gasteiger partial charge in [-0.2, -0.15) is 0 Å². The van der Waals surface area contributed by atoms with Crippen molar-refractivity contribution >= 4 is 17.1 Å². The van der Waals surface area contributed by atoms with Crippen molar-refractivity contribution < 1.29 is 40.9 Å². The number of carbonyl (C=O) groups is 1. The van der Waals surface area contributed by atoms with E-state index >= 15 is 0 Å². The number of fused-ring (bicyclic) bond motifs is 4. The molecule has 0 saturated carbocycles. The Labute approximate surface area is 251 Å². The van der Waals surface area contributed by atoms with Crippen LogP contribution in [0.5, 0.6) is 5.75 Å². The fourth-order valence-corrected chi connectivity index (χ4v) is 8.22. The molecule has 0 amide bonds. The molecule has 0 saturated heterocycles. The molecule has 7 heteroatoms. The van der Waals surface area contributed by atoms with Crippen LogP contribution in [0.25, 0.3) is 11.1 Å². The first kappa shape index (κ1) is 28.0. The average Bonchev–Trinajstić information content (AvgIpc) is 3.02. The number of nitrogens with one attached hydrogen (secondary N) is 1. The number of ether oxygens (including phenoxy) is 2. The molecule has 4 aliphatic rings. The van der Waals surface area contributed by atoms with Gasteiger partial charge in [0, 0.05) is 0 Å². The summed E-state index contributed by atoms with van der Waals surface area (Å²) in [7, 11) is 0. The van der Waals surface area contributed by atoms with Gasteiger partial charge in [0.1, 0.15) is 0 Å². The monoisotopic (exact) mass is 663 g/mol. The zero-order valence-corrected chi connectivity index (χ0v) is 26.5. The third-order valence-electron chi connectivity index (χ3n) is 7.86. The average molecular weight is 664 g/mol. The fourth-order valence-electron chi connectivity index (χ4n) is 6.33. The fraction of sp³-hybridized carbons (Fsp3) is 0.353. The Kier molecular flexibility index (Phi) is 7.01. The number of hydrogen-bond donors (Lipinski definition) is 2. The van der Waals surface area contributed by atoms with E-state index in [0.717, 1.165) is 44.3 Å². The van der Waals surface area contributed by atoms with Crippen molar-refractivity contribution in [2.45, 2.75) is 56.6 Å². The summed E-state index contributed by atoms with van der Waals surface area (Å²) in [5.41, 5.74) is 7.89. The van der Waals surface area contributed by atoms with Gasteiger partial charge >= 0.3 is 248 Å². The molecule has 1 aliphatic carbocycles. The summed E-state index contributed by atoms with van der Waals surface area (Å²) in [6, 6.07) is 11.9. The van der Waals surface area contributed by atoms with Crippen LogP contribution in [0.4, 0.5) is 0 Å². The number of allylic oxidation sites excluding steroid dienone is 3. The van der Waals surface area contributed by atoms with Crippen LogP contribution in [0.15, 0.2) is 80.8 Å². The van der Waals surface area contributed by atoms with Gasteiger partial charge in [-0.25, -0.2) is 0 Å². The standard InChI is InChI=1S/C34H36IN2O4/c1-19-17-33(3,4)35-37-28-16-30-26(14-24(19)28)31(21-9-7-8-10-22(21)32(39)40-12-11-38)25-13-23-20(2)18-34(5,6)36-27(23)15-29(25)41-30/h7-10,13-18,25,29,36,38H,11-12H2,1-6H3/q-1. The van der Waals surface area contributed by atoms with Crippen molar-refractivity contribution in [1.29, 1.82) is 0 Å². The molecule has 0 bridgehead atoms. The van der Waals surface area contributed by atoms with Crippen molar-refractivity contribution in [2.75, 3.05) is 13.2 Å². The van der Waals surface area contributed by atoms with Crippen LogP contribution in [0.1, 0.15) is 63.0 Å². The first-order valence-corrected chi connectivity index (χ1v) is 16.1. The van der Waals surface area contributed by atoms with Gasteiger partial charge in [-0.3, -0.25) is 0 Å². The topological polar surface area (TPSA) is 80.2 Å². The third kappa shape index (κ3) is 5.18. The van der Waals surface area contributed by atoms with Crippen molar-refractivity contribution in [2.24, 2.45) is 9.12 Å². The molecule has 6 rings (SSSR count). The minimum absolute atomic E-state index is 0.0479. The van der Waals surface area contributed by atoms with E-state index in [4.69, 9.17) is 12.7 Å². The van der Waals surface area contributed by atoms with E-state index in [0.29, 0.717) is 5.56 Å². The number of hydrogen-bond acceptors (Lipinski definition) is 6. The summed E-state index contributed by atoms with van der Waals surface area (Å²) >= 11 is -0.442. The molecule has 2 atom stereocenters. The van der Waals surface area contributed by atoms with Crippen LogP contribution in [0, 0.1) is 5.92 Å². The summed E-state index contributed by atoms with van der Waals surface area (Å²) in [4.78, 5) is 13.2. The molecule has 2 N–H and O–H groups in total. The molecule has 2 aromatic carbocycles. The Hall–Kier alpha value is -3.17. The van der Waals surface area contributed by atoms with E-state index in [2.05, 4.69) is 83.3 Å². The summed E-state index contributed by atoms with van der Waals surface area (Å²) in [5.74, 6) is 0.194. The van der Waals surface area contributed by atoms with Crippen LogP contribution < -0.4 is 42.1 Å². The van der Waals surface area contributed by atoms with Crippen molar-refractivity contribution in [1.82, 2.24) is 5.32 Å². The molecule has 2 aromatic rings. The number of benzene rings is 2. The maximum absolute atomic E-state index is 13.2. The Balaban J connectivity index is 1.64. The second-order valence-corrected chi connectivity index (χ2v) is 15.9. The van der Waals surface area contributed by atoms with Crippen molar-refractivity contribution in [3.05, 3.63) is 105 Å². The van der Waals surface area contributed by atoms with Gasteiger partial charge in [0.05, 0.1) is 0 Å². The number of carbonyl (C=O) groups excluding carboxylic acids is 1. The van der Waals surface area contributed by atoms with Crippen LogP contribution in [0.3, 0.4) is 0 Å². The van der Waals surface area contributed by atoms with E-state index < -0.39 is 27.4 Å². The maximum atomic E-state index is 13.2. The second-order valence-electron chi connectivity index (χ2n) is 12.2. The number of nitrogens with zero attached hydrogens (tertiary/aromatic N) is 1. The Morgan fingerprint density at radius 2 is 1.85 bits per heavy atom. The Bertz CT molecular complexity index is 1710. The number of alkyl halides is 1.